The number of ether oxygens (including phenoxy) is 1. The maximum absolute atomic E-state index is 14.5. The molecule has 0 radical (unpaired) electrons. The molecule has 5 unspecified atom stereocenters. The third kappa shape index (κ3) is 2.11. The number of aromatic amines is 1. The molecule has 3 rings (SSSR count). The molecule has 1 aliphatic rings. The van der Waals surface area contributed by atoms with Gasteiger partial charge in [-0.2, -0.15) is 0 Å². The molecule has 11 heteroatoms. The number of halogens is 2. The molecule has 9 nitrogen and oxygen atoms in total. The Morgan fingerprint density at radius 3 is 2.91 bits per heavy atom. The summed E-state index contributed by atoms with van der Waals surface area (Å²) in [5.74, 6) is -0.233. The van der Waals surface area contributed by atoms with Gasteiger partial charge in [-0.3, -0.25) is 9.78 Å². The van der Waals surface area contributed by atoms with Crippen molar-refractivity contribution in [1.29, 1.82) is 0 Å². The Kier molecular flexibility index (Phi) is 3.58. The Labute approximate surface area is 127 Å². The molecule has 5 atom stereocenters. The highest BCUT2D eigenvalue weighted by atomic mass is 19.1. The van der Waals surface area contributed by atoms with Crippen LogP contribution in [-0.2, 0) is 4.74 Å². The Morgan fingerprint density at radius 1 is 1.65 bits per heavy atom. The van der Waals surface area contributed by atoms with Gasteiger partial charge in [0.25, 0.3) is 5.56 Å². The first-order valence-corrected chi connectivity index (χ1v) is 6.80. The van der Waals surface area contributed by atoms with Crippen LogP contribution in [0.4, 0.5) is 14.7 Å². The number of aliphatic hydroxyl groups is 2. The van der Waals surface area contributed by atoms with Crippen LogP contribution in [0.15, 0.2) is 11.0 Å². The van der Waals surface area contributed by atoms with Crippen LogP contribution in [0.2, 0.25) is 0 Å². The number of nitrogen functional groups attached to an aromatic ring is 1. The zero-order chi connectivity index (χ0) is 16.9. The van der Waals surface area contributed by atoms with E-state index in [1.165, 1.54) is 0 Å². The Balaban J connectivity index is 2.11. The zero-order valence-corrected chi connectivity index (χ0v) is 12.0. The van der Waals surface area contributed by atoms with Crippen LogP contribution < -0.4 is 11.3 Å². The number of rotatable bonds is 3. The first-order valence-electron chi connectivity index (χ1n) is 6.80. The number of aromatic nitrogens is 4. The van der Waals surface area contributed by atoms with E-state index < -0.39 is 42.3 Å². The van der Waals surface area contributed by atoms with Crippen molar-refractivity contribution < 1.29 is 23.7 Å². The van der Waals surface area contributed by atoms with Gasteiger partial charge in [-0.1, -0.05) is 0 Å². The average Bonchev–Trinajstić information content (AvgIpc) is 3.01. The second kappa shape index (κ2) is 5.22. The molecule has 1 aliphatic heterocycles. The lowest BCUT2D eigenvalue weighted by molar-refractivity contribution is -0.148. The van der Waals surface area contributed by atoms with Gasteiger partial charge in [-0.05, 0) is 6.92 Å². The number of nitrogens with one attached hydrogen (secondary N) is 1. The summed E-state index contributed by atoms with van der Waals surface area (Å²) in [6.07, 6.45) is -6.15. The van der Waals surface area contributed by atoms with Gasteiger partial charge in [0.15, 0.2) is 11.8 Å². The molecule has 0 aliphatic carbocycles. The Bertz CT molecular complexity index is 793. The van der Waals surface area contributed by atoms with Crippen molar-refractivity contribution >= 4 is 11.6 Å². The van der Waals surface area contributed by atoms with E-state index in [4.69, 9.17) is 10.5 Å². The highest BCUT2D eigenvalue weighted by molar-refractivity contribution is 5.39. The molecule has 0 spiro atoms. The third-order valence-electron chi connectivity index (χ3n) is 4.07. The first kappa shape index (κ1) is 15.8. The van der Waals surface area contributed by atoms with Gasteiger partial charge in [-0.15, -0.1) is 5.10 Å². The van der Waals surface area contributed by atoms with E-state index in [0.717, 1.165) is 17.6 Å². The second-order valence-electron chi connectivity index (χ2n) is 5.41. The molecule has 2 aromatic heterocycles. The molecule has 0 amide bonds. The summed E-state index contributed by atoms with van der Waals surface area (Å²) in [5, 5.41) is 23.2. The average molecular weight is 331 g/mol. The van der Waals surface area contributed by atoms with Crippen molar-refractivity contribution in [2.24, 2.45) is 0 Å². The second-order valence-corrected chi connectivity index (χ2v) is 5.41. The number of aliphatic hydroxyl groups excluding tert-OH is 2. The minimum atomic E-state index is -2.11. The number of alkyl halides is 2. The lowest BCUT2D eigenvalue weighted by atomic mass is 9.91. The van der Waals surface area contributed by atoms with Crippen molar-refractivity contribution in [2.45, 2.75) is 37.1 Å². The minimum Gasteiger partial charge on any atom is -0.393 e. The normalized spacial score (nSPS) is 32.5. The maximum atomic E-state index is 14.5. The lowest BCUT2D eigenvalue weighted by Crippen LogP contribution is -2.52. The first-order chi connectivity index (χ1) is 10.8. The fourth-order valence-corrected chi connectivity index (χ4v) is 2.73. The van der Waals surface area contributed by atoms with Gasteiger partial charge >= 0.3 is 0 Å². The summed E-state index contributed by atoms with van der Waals surface area (Å²) in [7, 11) is 0. The number of hydrogen-bond acceptors (Lipinski definition) is 7. The largest absolute Gasteiger partial charge is 0.393 e. The summed E-state index contributed by atoms with van der Waals surface area (Å²) in [5.41, 5.74) is 2.50. The molecule has 3 heterocycles. The number of imidazole rings is 1. The van der Waals surface area contributed by atoms with Gasteiger partial charge in [0.1, 0.15) is 18.4 Å². The van der Waals surface area contributed by atoms with Gasteiger partial charge < -0.3 is 20.7 Å². The fourth-order valence-electron chi connectivity index (χ4n) is 2.73. The number of H-pyrrole nitrogens is 1. The van der Waals surface area contributed by atoms with Crippen LogP contribution in [0.1, 0.15) is 18.7 Å². The molecule has 2 aromatic rings. The predicted molar refractivity (Wildman–Crippen MR) is 73.1 cm³/mol. The number of anilines is 1. The van der Waals surface area contributed by atoms with Crippen LogP contribution in [0.25, 0.3) is 5.65 Å². The number of hydrogen-bond donors (Lipinski definition) is 4. The monoisotopic (exact) mass is 331 g/mol. The van der Waals surface area contributed by atoms with Crippen LogP contribution in [0.5, 0.6) is 0 Å². The van der Waals surface area contributed by atoms with E-state index in [0.29, 0.717) is 0 Å². The van der Waals surface area contributed by atoms with E-state index in [1.54, 1.807) is 0 Å². The van der Waals surface area contributed by atoms with Gasteiger partial charge in [0, 0.05) is 0 Å². The highest BCUT2D eigenvalue weighted by Crippen LogP contribution is 2.44. The predicted octanol–water partition coefficient (Wildman–Crippen LogP) is -1.14. The van der Waals surface area contributed by atoms with Crippen molar-refractivity contribution in [1.82, 2.24) is 19.6 Å². The third-order valence-corrected chi connectivity index (χ3v) is 4.07. The summed E-state index contributed by atoms with van der Waals surface area (Å²) >= 11 is 0. The van der Waals surface area contributed by atoms with Gasteiger partial charge in [0.05, 0.1) is 18.5 Å². The fraction of sp³-hybridized carbons (Fsp3) is 0.583. The number of nitrogens with two attached hydrogens (primary N) is 1. The SMILES string of the molecule is CC(F)C1(CO)OC(c2cnc3c(=O)[nH]c(N)nn23)C(F)C1O. The van der Waals surface area contributed by atoms with E-state index in [2.05, 4.69) is 15.1 Å². The molecule has 1 fully saturated rings. The molecular formula is C12H15F2N5O4. The summed E-state index contributed by atoms with van der Waals surface area (Å²) in [4.78, 5) is 17.7. The molecule has 0 bridgehead atoms. The zero-order valence-electron chi connectivity index (χ0n) is 12.0. The molecular weight excluding hydrogens is 316 g/mol. The highest BCUT2D eigenvalue weighted by Gasteiger charge is 2.59. The molecule has 126 valence electrons. The molecule has 0 aromatic carbocycles. The van der Waals surface area contributed by atoms with E-state index in [9.17, 15) is 23.8 Å². The molecule has 0 saturated carbocycles. The summed E-state index contributed by atoms with van der Waals surface area (Å²) < 4.78 is 34.6. The van der Waals surface area contributed by atoms with E-state index in [1.807, 2.05) is 0 Å². The Hall–Kier alpha value is -2.11. The van der Waals surface area contributed by atoms with Crippen molar-refractivity contribution in [3.05, 3.63) is 22.2 Å². The van der Waals surface area contributed by atoms with Crippen LogP contribution in [0.3, 0.4) is 0 Å². The molecule has 5 N–H and O–H groups in total. The molecule has 23 heavy (non-hydrogen) atoms. The Morgan fingerprint density at radius 2 is 2.35 bits per heavy atom. The number of nitrogens with zero attached hydrogens (tertiary/aromatic N) is 3. The summed E-state index contributed by atoms with van der Waals surface area (Å²) in [6.45, 7) is 0.125. The van der Waals surface area contributed by atoms with Crippen LogP contribution in [0, 0.1) is 0 Å². The summed E-state index contributed by atoms with van der Waals surface area (Å²) in [6, 6.07) is 0. The standard InChI is InChI=1S/C12H15F2N5O4/c1-4(13)12(3-20)8(21)6(14)7(23-12)5-2-16-9-10(22)17-11(15)18-19(5)9/h2,4,6-8,20-21H,3H2,1H3,(H3,15,17,18,22). The smallest absolute Gasteiger partial charge is 0.295 e. The van der Waals surface area contributed by atoms with Crippen molar-refractivity contribution in [3.63, 3.8) is 0 Å². The van der Waals surface area contributed by atoms with Gasteiger partial charge in [0.2, 0.25) is 11.6 Å². The van der Waals surface area contributed by atoms with Crippen LogP contribution >= 0.6 is 0 Å². The van der Waals surface area contributed by atoms with Gasteiger partial charge in [-0.25, -0.2) is 18.3 Å². The molecule has 1 saturated heterocycles. The van der Waals surface area contributed by atoms with E-state index >= 15 is 0 Å². The van der Waals surface area contributed by atoms with Crippen molar-refractivity contribution in [3.8, 4) is 0 Å². The van der Waals surface area contributed by atoms with Crippen LogP contribution in [-0.4, -0.2) is 60.5 Å². The quantitative estimate of drug-likeness (QED) is 0.557. The topological polar surface area (TPSA) is 139 Å². The lowest BCUT2D eigenvalue weighted by Gasteiger charge is -2.31. The minimum absolute atomic E-state index is 0.0275. The van der Waals surface area contributed by atoms with Crippen molar-refractivity contribution in [2.75, 3.05) is 12.3 Å². The van der Waals surface area contributed by atoms with E-state index in [-0.39, 0.29) is 17.3 Å². The number of fused-ring (bicyclic) bond motifs is 1. The maximum Gasteiger partial charge on any atom is 0.295 e.